The first kappa shape index (κ1) is 23.5. The van der Waals surface area contributed by atoms with Gasteiger partial charge in [-0.05, 0) is 48.3 Å². The molecule has 2 aromatic carbocycles. The third-order valence-electron chi connectivity index (χ3n) is 4.55. The molecule has 2 rings (SSSR count). The van der Waals surface area contributed by atoms with Crippen LogP contribution in [0.2, 0.25) is 0 Å². The predicted molar refractivity (Wildman–Crippen MR) is 116 cm³/mol. The number of benzene rings is 2. The van der Waals surface area contributed by atoms with Crippen molar-refractivity contribution in [1.82, 2.24) is 5.32 Å². The van der Waals surface area contributed by atoms with Crippen molar-refractivity contribution in [3.8, 4) is 5.75 Å². The predicted octanol–water partition coefficient (Wildman–Crippen LogP) is 2.00. The lowest BCUT2D eigenvalue weighted by molar-refractivity contribution is 0.170. The van der Waals surface area contributed by atoms with Crippen LogP contribution in [0.5, 0.6) is 5.75 Å². The van der Waals surface area contributed by atoms with Crippen molar-refractivity contribution in [3.63, 3.8) is 0 Å². The zero-order chi connectivity index (χ0) is 21.6. The van der Waals surface area contributed by atoms with E-state index in [0.29, 0.717) is 24.2 Å². The van der Waals surface area contributed by atoms with Crippen molar-refractivity contribution in [2.45, 2.75) is 30.4 Å². The average Bonchev–Trinajstić information content (AvgIpc) is 2.66. The quantitative estimate of drug-likeness (QED) is 0.487. The van der Waals surface area contributed by atoms with E-state index in [-0.39, 0.29) is 23.2 Å². The van der Waals surface area contributed by atoms with Gasteiger partial charge in [-0.25, -0.2) is 8.42 Å². The first-order valence-electron chi connectivity index (χ1n) is 9.20. The molecule has 0 spiro atoms. The van der Waals surface area contributed by atoms with Crippen LogP contribution in [0, 0.1) is 0 Å². The van der Waals surface area contributed by atoms with E-state index in [1.807, 2.05) is 13.0 Å². The first-order valence-corrected chi connectivity index (χ1v) is 12.6. The lowest BCUT2D eigenvalue weighted by Gasteiger charge is -2.25. The van der Waals surface area contributed by atoms with Gasteiger partial charge in [0.25, 0.3) is 0 Å². The SMILES string of the molecule is CC(CCN(c1ccccc1)S(C)(=O)=O)NCC(O)c1ccc(O)c([S+](C)[O-])c1. The number of phenolic OH excluding ortho intramolecular Hbond substituents is 1. The Hall–Kier alpha value is -1.78. The number of nitrogens with zero attached hydrogens (tertiary/aromatic N) is 1. The molecular weight excluding hydrogens is 412 g/mol. The fourth-order valence-corrected chi connectivity index (χ4v) is 4.50. The van der Waals surface area contributed by atoms with Gasteiger partial charge in [-0.1, -0.05) is 24.3 Å². The number of hydrogen-bond donors (Lipinski definition) is 3. The summed E-state index contributed by atoms with van der Waals surface area (Å²) < 4.78 is 37.3. The smallest absolute Gasteiger partial charge is 0.232 e. The molecule has 3 unspecified atom stereocenters. The topological polar surface area (TPSA) is 113 Å². The zero-order valence-electron chi connectivity index (χ0n) is 16.8. The number of nitrogens with one attached hydrogen (secondary N) is 1. The van der Waals surface area contributed by atoms with Crippen LogP contribution in [0.25, 0.3) is 0 Å². The van der Waals surface area contributed by atoms with Gasteiger partial charge in [0.15, 0.2) is 10.6 Å². The minimum atomic E-state index is -3.40. The Morgan fingerprint density at radius 3 is 2.45 bits per heavy atom. The maximum atomic E-state index is 12.1. The standard InChI is InChI=1S/C20H28N2O5S2/c1-15(11-12-22(29(3,26)27)17-7-5-4-6-8-17)21-14-19(24)16-9-10-18(23)20(13-16)28(2)25/h4-10,13,15,19,21,23-24H,11-12,14H2,1-3H3. The van der Waals surface area contributed by atoms with Crippen LogP contribution >= 0.6 is 0 Å². The fourth-order valence-electron chi connectivity index (χ4n) is 2.89. The van der Waals surface area contributed by atoms with Gasteiger partial charge in [-0.3, -0.25) is 4.31 Å². The lowest BCUT2D eigenvalue weighted by atomic mass is 10.1. The van der Waals surface area contributed by atoms with E-state index in [4.69, 9.17) is 0 Å². The van der Waals surface area contributed by atoms with E-state index >= 15 is 0 Å². The highest BCUT2D eigenvalue weighted by molar-refractivity contribution is 7.92. The van der Waals surface area contributed by atoms with E-state index in [9.17, 15) is 23.2 Å². The third kappa shape index (κ3) is 6.90. The summed E-state index contributed by atoms with van der Waals surface area (Å²) in [5.41, 5.74) is 1.17. The summed E-state index contributed by atoms with van der Waals surface area (Å²) >= 11 is -1.36. The Balaban J connectivity index is 1.93. The van der Waals surface area contributed by atoms with Crippen molar-refractivity contribution < 1.29 is 23.2 Å². The number of sulfonamides is 1. The molecule has 160 valence electrons. The largest absolute Gasteiger partial charge is 0.612 e. The molecular formula is C20H28N2O5S2. The summed E-state index contributed by atoms with van der Waals surface area (Å²) in [5, 5.41) is 23.3. The molecule has 0 heterocycles. The first-order chi connectivity index (χ1) is 13.6. The molecule has 9 heteroatoms. The number of rotatable bonds is 10. The van der Waals surface area contributed by atoms with Crippen LogP contribution in [0.3, 0.4) is 0 Å². The van der Waals surface area contributed by atoms with Gasteiger partial charge < -0.3 is 20.1 Å². The second-order valence-electron chi connectivity index (χ2n) is 6.97. The van der Waals surface area contributed by atoms with Crippen LogP contribution < -0.4 is 9.62 Å². The Bertz CT molecular complexity index is 891. The van der Waals surface area contributed by atoms with Gasteiger partial charge in [0.05, 0.1) is 18.0 Å². The highest BCUT2D eigenvalue weighted by Gasteiger charge is 2.19. The molecule has 29 heavy (non-hydrogen) atoms. The van der Waals surface area contributed by atoms with E-state index in [1.165, 1.54) is 28.9 Å². The summed E-state index contributed by atoms with van der Waals surface area (Å²) in [4.78, 5) is 0.279. The van der Waals surface area contributed by atoms with Gasteiger partial charge in [0, 0.05) is 25.2 Å². The summed E-state index contributed by atoms with van der Waals surface area (Å²) in [6, 6.07) is 13.4. The zero-order valence-corrected chi connectivity index (χ0v) is 18.4. The van der Waals surface area contributed by atoms with Crippen molar-refractivity contribution in [2.75, 3.05) is 29.9 Å². The number of aliphatic hydroxyl groups is 1. The van der Waals surface area contributed by atoms with E-state index < -0.39 is 27.3 Å². The van der Waals surface area contributed by atoms with Gasteiger partial charge in [0.2, 0.25) is 10.0 Å². The van der Waals surface area contributed by atoms with Gasteiger partial charge >= 0.3 is 0 Å². The van der Waals surface area contributed by atoms with E-state index in [0.717, 1.165) is 0 Å². The number of phenols is 1. The van der Waals surface area contributed by atoms with Gasteiger partial charge in [-0.15, -0.1) is 0 Å². The molecule has 0 radical (unpaired) electrons. The Labute approximate surface area is 175 Å². The van der Waals surface area contributed by atoms with Gasteiger partial charge in [0.1, 0.15) is 6.26 Å². The number of para-hydroxylation sites is 1. The van der Waals surface area contributed by atoms with Gasteiger partial charge in [-0.2, -0.15) is 0 Å². The maximum Gasteiger partial charge on any atom is 0.232 e. The van der Waals surface area contributed by atoms with E-state index in [1.54, 1.807) is 30.3 Å². The van der Waals surface area contributed by atoms with Crippen molar-refractivity contribution in [1.29, 1.82) is 0 Å². The third-order valence-corrected chi connectivity index (χ3v) is 6.69. The molecule has 0 aliphatic carbocycles. The van der Waals surface area contributed by atoms with Crippen molar-refractivity contribution in [3.05, 3.63) is 54.1 Å². The molecule has 0 aromatic heterocycles. The minimum absolute atomic E-state index is 0.0468. The molecule has 0 bridgehead atoms. The number of hydrogen-bond acceptors (Lipinski definition) is 6. The van der Waals surface area contributed by atoms with Crippen LogP contribution in [-0.4, -0.2) is 54.8 Å². The Morgan fingerprint density at radius 2 is 1.86 bits per heavy atom. The second kappa shape index (κ2) is 10.3. The molecule has 2 aromatic rings. The summed E-state index contributed by atoms with van der Waals surface area (Å²) in [6.07, 6.45) is 2.35. The molecule has 0 amide bonds. The summed E-state index contributed by atoms with van der Waals surface area (Å²) in [7, 11) is -3.40. The number of aromatic hydroxyl groups is 1. The molecule has 0 fully saturated rings. The van der Waals surface area contributed by atoms with Crippen LogP contribution in [0.15, 0.2) is 53.4 Å². The molecule has 3 atom stereocenters. The average molecular weight is 441 g/mol. The van der Waals surface area contributed by atoms with Crippen LogP contribution in [0.4, 0.5) is 5.69 Å². The number of anilines is 1. The van der Waals surface area contributed by atoms with Crippen LogP contribution in [-0.2, 0) is 21.2 Å². The monoisotopic (exact) mass is 440 g/mol. The molecule has 0 saturated heterocycles. The van der Waals surface area contributed by atoms with E-state index in [2.05, 4.69) is 5.32 Å². The Kier molecular flexibility index (Phi) is 8.35. The highest BCUT2D eigenvalue weighted by Crippen LogP contribution is 2.26. The highest BCUT2D eigenvalue weighted by atomic mass is 32.2. The molecule has 0 saturated carbocycles. The second-order valence-corrected chi connectivity index (χ2v) is 10.2. The lowest BCUT2D eigenvalue weighted by Crippen LogP contribution is -2.37. The number of aliphatic hydroxyl groups excluding tert-OH is 1. The summed E-state index contributed by atoms with van der Waals surface area (Å²) in [5.74, 6) is -0.0649. The molecule has 0 aliphatic rings. The van der Waals surface area contributed by atoms with Crippen molar-refractivity contribution in [2.24, 2.45) is 0 Å². The minimum Gasteiger partial charge on any atom is -0.612 e. The normalized spacial score (nSPS) is 14.9. The molecule has 0 aliphatic heterocycles. The molecule has 3 N–H and O–H groups in total. The van der Waals surface area contributed by atoms with Crippen LogP contribution in [0.1, 0.15) is 25.0 Å². The van der Waals surface area contributed by atoms with Crippen molar-refractivity contribution >= 4 is 26.9 Å². The molecule has 7 nitrogen and oxygen atoms in total. The maximum absolute atomic E-state index is 12.1. The summed E-state index contributed by atoms with van der Waals surface area (Å²) in [6.45, 7) is 2.47. The fraction of sp³-hybridized carbons (Fsp3) is 0.400. The Morgan fingerprint density at radius 1 is 1.21 bits per heavy atom.